The van der Waals surface area contributed by atoms with E-state index >= 15 is 0 Å². The van der Waals surface area contributed by atoms with Gasteiger partial charge in [0.1, 0.15) is 6.54 Å². The summed E-state index contributed by atoms with van der Waals surface area (Å²) in [5.41, 5.74) is 0. The van der Waals surface area contributed by atoms with E-state index in [4.69, 9.17) is 4.43 Å². The summed E-state index contributed by atoms with van der Waals surface area (Å²) in [6.45, 7) is 14.2. The fraction of sp³-hybridized carbons (Fsp3) is 0.833. The van der Waals surface area contributed by atoms with E-state index in [0.717, 1.165) is 6.42 Å². The second kappa shape index (κ2) is 6.51. The van der Waals surface area contributed by atoms with Crippen LogP contribution in [0, 0.1) is 0 Å². The maximum Gasteiger partial charge on any atom is 0.311 e. The van der Waals surface area contributed by atoms with Crippen molar-refractivity contribution >= 4 is 28.4 Å². The van der Waals surface area contributed by atoms with Gasteiger partial charge in [-0.15, -0.1) is 0 Å². The first-order valence-corrected chi connectivity index (χ1v) is 13.3. The van der Waals surface area contributed by atoms with Crippen LogP contribution in [0.25, 0.3) is 0 Å². The Morgan fingerprint density at radius 1 is 1.06 bits per heavy atom. The van der Waals surface area contributed by atoms with Gasteiger partial charge in [0.15, 0.2) is 8.24 Å². The predicted octanol–water partition coefficient (Wildman–Crippen LogP) is 2.83. The lowest BCUT2D eigenvalue weighted by Crippen LogP contribution is -2.52. The minimum atomic E-state index is -1.87. The highest BCUT2D eigenvalue weighted by Crippen LogP contribution is 2.13. The van der Waals surface area contributed by atoms with Crippen molar-refractivity contribution in [3.8, 4) is 0 Å². The van der Waals surface area contributed by atoms with E-state index in [1.807, 2.05) is 26.6 Å². The van der Waals surface area contributed by atoms with E-state index in [-0.39, 0.29) is 18.4 Å². The van der Waals surface area contributed by atoms with Crippen LogP contribution in [0.15, 0.2) is 0 Å². The maximum atomic E-state index is 12.1. The van der Waals surface area contributed by atoms with E-state index in [9.17, 15) is 9.59 Å². The third kappa shape index (κ3) is 6.95. The average molecular weight is 290 g/mol. The molecule has 0 aromatic rings. The van der Waals surface area contributed by atoms with Crippen molar-refractivity contribution in [2.24, 2.45) is 0 Å². The molecular weight excluding hydrogens is 262 g/mol. The summed E-state index contributed by atoms with van der Waals surface area (Å²) in [7, 11) is -3.70. The van der Waals surface area contributed by atoms with Gasteiger partial charge in [-0.3, -0.25) is 9.59 Å². The minimum Gasteiger partial charge on any atom is -0.519 e. The van der Waals surface area contributed by atoms with Crippen molar-refractivity contribution in [1.29, 1.82) is 0 Å². The minimum absolute atomic E-state index is 0.0733. The van der Waals surface area contributed by atoms with Gasteiger partial charge in [-0.25, -0.2) is 0 Å². The van der Waals surface area contributed by atoms with Crippen LogP contribution < -0.4 is 0 Å². The number of hydrogen-bond donors (Lipinski definition) is 0. The zero-order valence-corrected chi connectivity index (χ0v) is 14.8. The lowest BCUT2D eigenvalue weighted by atomic mass is 10.3. The Morgan fingerprint density at radius 3 is 1.89 bits per heavy atom. The van der Waals surface area contributed by atoms with E-state index in [1.54, 1.807) is 4.57 Å². The molecule has 0 aromatic carbocycles. The normalized spacial score (nSPS) is 12.2. The average Bonchev–Trinajstić information content (AvgIpc) is 2.09. The summed E-state index contributed by atoms with van der Waals surface area (Å²) in [4.78, 5) is 23.9. The second-order valence-electron chi connectivity index (χ2n) is 6.49. The first-order chi connectivity index (χ1) is 7.97. The van der Waals surface area contributed by atoms with Gasteiger partial charge in [0.05, 0.1) is 0 Å². The molecule has 0 aliphatic carbocycles. The molecule has 6 heteroatoms. The molecular formula is C12H27NO3Si2. The van der Waals surface area contributed by atoms with Crippen molar-refractivity contribution in [2.45, 2.75) is 59.0 Å². The highest BCUT2D eigenvalue weighted by Gasteiger charge is 2.31. The van der Waals surface area contributed by atoms with Crippen LogP contribution >= 0.6 is 0 Å². The number of nitrogens with zero attached hydrogens (tertiary/aromatic N) is 1. The fourth-order valence-electron chi connectivity index (χ4n) is 1.55. The molecule has 18 heavy (non-hydrogen) atoms. The van der Waals surface area contributed by atoms with E-state index in [0.29, 0.717) is 6.42 Å². The molecule has 1 amide bonds. The van der Waals surface area contributed by atoms with Gasteiger partial charge in [-0.1, -0.05) is 26.6 Å². The van der Waals surface area contributed by atoms with Crippen molar-refractivity contribution in [2.75, 3.05) is 6.54 Å². The molecule has 0 heterocycles. The Bertz CT molecular complexity index is 305. The predicted molar refractivity (Wildman–Crippen MR) is 79.4 cm³/mol. The molecule has 0 aliphatic rings. The number of amides is 1. The Morgan fingerprint density at radius 2 is 1.56 bits per heavy atom. The van der Waals surface area contributed by atoms with Gasteiger partial charge < -0.3 is 8.99 Å². The number of carbonyl (C=O) groups excluding carboxylic acids is 2. The molecule has 0 atom stereocenters. The van der Waals surface area contributed by atoms with E-state index in [2.05, 4.69) is 19.6 Å². The van der Waals surface area contributed by atoms with Crippen LogP contribution in [-0.4, -0.2) is 39.5 Å². The van der Waals surface area contributed by atoms with Crippen LogP contribution in [0.4, 0.5) is 0 Å². The SMILES string of the molecule is CCCC(=O)N(CC(=O)O[Si](C)(C)C)[Si](C)(C)C. The first kappa shape index (κ1) is 17.4. The summed E-state index contributed by atoms with van der Waals surface area (Å²) in [5, 5.41) is 0. The summed E-state index contributed by atoms with van der Waals surface area (Å²) in [5.74, 6) is -0.190. The van der Waals surface area contributed by atoms with Crippen LogP contribution in [0.3, 0.4) is 0 Å². The smallest absolute Gasteiger partial charge is 0.311 e. The van der Waals surface area contributed by atoms with Gasteiger partial charge in [-0.2, -0.15) is 0 Å². The molecule has 0 spiro atoms. The zero-order valence-electron chi connectivity index (χ0n) is 12.8. The van der Waals surface area contributed by atoms with Gasteiger partial charge in [0.25, 0.3) is 0 Å². The van der Waals surface area contributed by atoms with Crippen molar-refractivity contribution in [3.63, 3.8) is 0 Å². The van der Waals surface area contributed by atoms with Crippen molar-refractivity contribution < 1.29 is 14.0 Å². The summed E-state index contributed by atoms with van der Waals surface area (Å²) in [6, 6.07) is 0. The quantitative estimate of drug-likeness (QED) is 0.706. The van der Waals surface area contributed by atoms with Gasteiger partial charge in [-0.05, 0) is 26.1 Å². The Hall–Kier alpha value is -0.626. The number of hydrogen-bond acceptors (Lipinski definition) is 3. The van der Waals surface area contributed by atoms with Crippen LogP contribution in [0.1, 0.15) is 19.8 Å². The first-order valence-electron chi connectivity index (χ1n) is 6.49. The highest BCUT2D eigenvalue weighted by molar-refractivity contribution is 6.75. The third-order valence-corrected chi connectivity index (χ3v) is 5.15. The molecule has 0 saturated heterocycles. The summed E-state index contributed by atoms with van der Waals surface area (Å²) >= 11 is 0. The van der Waals surface area contributed by atoms with Crippen molar-refractivity contribution in [1.82, 2.24) is 4.57 Å². The standard InChI is InChI=1S/C12H27NO3Si2/c1-8-9-11(14)13(17(2,3)4)10-12(15)16-18(5,6)7/h8-10H2,1-7H3. The maximum absolute atomic E-state index is 12.1. The van der Waals surface area contributed by atoms with Gasteiger partial charge in [0, 0.05) is 6.42 Å². The van der Waals surface area contributed by atoms with Gasteiger partial charge >= 0.3 is 5.97 Å². The highest BCUT2D eigenvalue weighted by atomic mass is 28.4. The van der Waals surface area contributed by atoms with Crippen LogP contribution in [-0.2, 0) is 14.0 Å². The summed E-state index contributed by atoms with van der Waals surface area (Å²) < 4.78 is 7.17. The lowest BCUT2D eigenvalue weighted by molar-refractivity contribution is -0.140. The molecule has 0 radical (unpaired) electrons. The molecule has 106 valence electrons. The molecule has 4 nitrogen and oxygen atoms in total. The van der Waals surface area contributed by atoms with Crippen LogP contribution in [0.5, 0.6) is 0 Å². The monoisotopic (exact) mass is 289 g/mol. The van der Waals surface area contributed by atoms with Gasteiger partial charge in [0.2, 0.25) is 14.2 Å². The molecule has 0 unspecified atom stereocenters. The van der Waals surface area contributed by atoms with Crippen molar-refractivity contribution in [3.05, 3.63) is 0 Å². The molecule has 0 aromatic heterocycles. The topological polar surface area (TPSA) is 46.6 Å². The zero-order chi connectivity index (χ0) is 14.6. The third-order valence-electron chi connectivity index (χ3n) is 2.28. The fourth-order valence-corrected chi connectivity index (χ4v) is 3.76. The molecule has 0 bridgehead atoms. The molecule has 0 rings (SSSR count). The Kier molecular flexibility index (Phi) is 6.29. The number of carbonyl (C=O) groups is 2. The number of rotatable bonds is 6. The van der Waals surface area contributed by atoms with E-state index < -0.39 is 16.6 Å². The summed E-state index contributed by atoms with van der Waals surface area (Å²) in [6.07, 6.45) is 1.31. The largest absolute Gasteiger partial charge is 0.519 e. The molecule has 0 fully saturated rings. The van der Waals surface area contributed by atoms with E-state index in [1.165, 1.54) is 0 Å². The van der Waals surface area contributed by atoms with Crippen LogP contribution in [0.2, 0.25) is 39.3 Å². The molecule has 0 saturated carbocycles. The molecule has 0 aliphatic heterocycles. The second-order valence-corrected chi connectivity index (χ2v) is 15.8. The Labute approximate surface area is 113 Å². The Balaban J connectivity index is 4.72. The molecule has 0 N–H and O–H groups in total. The lowest BCUT2D eigenvalue weighted by Gasteiger charge is -2.34.